The summed E-state index contributed by atoms with van der Waals surface area (Å²) >= 11 is 0. The van der Waals surface area contributed by atoms with Gasteiger partial charge in [0.15, 0.2) is 11.6 Å². The molecular weight excluding hydrogens is 397 g/mol. The summed E-state index contributed by atoms with van der Waals surface area (Å²) in [6.07, 6.45) is -3.39. The van der Waals surface area contributed by atoms with E-state index in [-0.39, 0.29) is 11.9 Å². The van der Waals surface area contributed by atoms with Gasteiger partial charge in [0, 0.05) is 61.6 Å². The van der Waals surface area contributed by atoms with Crippen LogP contribution in [0, 0.1) is 11.8 Å². The highest BCUT2D eigenvalue weighted by atomic mass is 19.4. The maximum absolute atomic E-state index is 12.7. The summed E-state index contributed by atoms with van der Waals surface area (Å²) in [4.78, 5) is 6.45. The minimum atomic E-state index is -4.83. The fraction of sp³-hybridized carbons (Fsp3) is 0.600. The lowest BCUT2D eigenvalue weighted by molar-refractivity contribution is -0.274. The maximum Gasteiger partial charge on any atom is 0.573 e. The second kappa shape index (κ2) is 6.84. The Morgan fingerprint density at radius 3 is 2.47 bits per heavy atom. The minimum Gasteiger partial charge on any atom is -0.402 e. The van der Waals surface area contributed by atoms with Gasteiger partial charge in [0.2, 0.25) is 0 Å². The number of pyridine rings is 1. The molecule has 0 radical (unpaired) electrons. The number of fused-ring (bicyclic) bond motifs is 1. The van der Waals surface area contributed by atoms with Crippen LogP contribution in [-0.4, -0.2) is 58.2 Å². The van der Waals surface area contributed by atoms with E-state index in [2.05, 4.69) is 33.8 Å². The standard InChI is InChI=1S/C20H25F3N6O/c1-10(2)29-16(18-13-8-28(9-14(13)18)12-6-25-7-12)4-15(27-29)11-3-17(19(24)26-5-11)30-20(21,22)23/h3-5,10,12-14,18,25H,6-9H2,1-2H3,(H2,24,26). The zero-order valence-electron chi connectivity index (χ0n) is 16.9. The molecule has 0 amide bonds. The molecule has 3 aliphatic rings. The molecule has 0 bridgehead atoms. The first-order valence-electron chi connectivity index (χ1n) is 10.3. The molecule has 3 N–H and O–H groups in total. The molecule has 4 heterocycles. The molecule has 2 aliphatic heterocycles. The Morgan fingerprint density at radius 1 is 1.20 bits per heavy atom. The molecule has 2 saturated heterocycles. The van der Waals surface area contributed by atoms with E-state index in [0.717, 1.165) is 31.9 Å². The predicted molar refractivity (Wildman–Crippen MR) is 105 cm³/mol. The normalized spacial score (nSPS) is 26.7. The minimum absolute atomic E-state index is 0.148. The number of hydrogen-bond acceptors (Lipinski definition) is 6. The molecule has 162 valence electrons. The van der Waals surface area contributed by atoms with Crippen molar-refractivity contribution in [3.63, 3.8) is 0 Å². The van der Waals surface area contributed by atoms with E-state index in [0.29, 0.717) is 35.1 Å². The quantitative estimate of drug-likeness (QED) is 0.771. The topological polar surface area (TPSA) is 81.2 Å². The number of aromatic nitrogens is 3. The SMILES string of the molecule is CC(C)n1nc(-c2cnc(N)c(OC(F)(F)F)c2)cc1C1C2CN(C3CNC3)CC21. The van der Waals surface area contributed by atoms with Gasteiger partial charge in [-0.1, -0.05) is 0 Å². The number of alkyl halides is 3. The van der Waals surface area contributed by atoms with E-state index in [1.165, 1.54) is 12.3 Å². The van der Waals surface area contributed by atoms with Crippen molar-refractivity contribution in [3.05, 3.63) is 24.0 Å². The lowest BCUT2D eigenvalue weighted by Crippen LogP contribution is -2.57. The molecule has 2 atom stereocenters. The van der Waals surface area contributed by atoms with Crippen LogP contribution >= 0.6 is 0 Å². The molecule has 0 aromatic carbocycles. The van der Waals surface area contributed by atoms with Crippen LogP contribution in [-0.2, 0) is 0 Å². The Bertz CT molecular complexity index is 943. The third-order valence-electron chi connectivity index (χ3n) is 6.50. The number of likely N-dealkylation sites (tertiary alicyclic amines) is 1. The summed E-state index contributed by atoms with van der Waals surface area (Å²) in [5, 5.41) is 8.02. The van der Waals surface area contributed by atoms with Crippen LogP contribution in [0.1, 0.15) is 31.5 Å². The molecule has 10 heteroatoms. The largest absolute Gasteiger partial charge is 0.573 e. The molecule has 1 aliphatic carbocycles. The third kappa shape index (κ3) is 3.41. The van der Waals surface area contributed by atoms with Crippen molar-refractivity contribution in [2.45, 2.75) is 38.2 Å². The number of anilines is 1. The van der Waals surface area contributed by atoms with Crippen LogP contribution in [0.4, 0.5) is 19.0 Å². The van der Waals surface area contributed by atoms with Crippen LogP contribution in [0.25, 0.3) is 11.3 Å². The van der Waals surface area contributed by atoms with Gasteiger partial charge >= 0.3 is 6.36 Å². The van der Waals surface area contributed by atoms with Crippen molar-refractivity contribution >= 4 is 5.82 Å². The molecule has 2 aromatic rings. The van der Waals surface area contributed by atoms with E-state index in [9.17, 15) is 13.2 Å². The highest BCUT2D eigenvalue weighted by Crippen LogP contribution is 2.59. The lowest BCUT2D eigenvalue weighted by atomic mass is 10.1. The Labute approximate surface area is 172 Å². The van der Waals surface area contributed by atoms with Crippen molar-refractivity contribution in [3.8, 4) is 17.0 Å². The summed E-state index contributed by atoms with van der Waals surface area (Å²) in [5.41, 5.74) is 7.75. The van der Waals surface area contributed by atoms with Crippen LogP contribution in [0.5, 0.6) is 5.75 Å². The van der Waals surface area contributed by atoms with E-state index >= 15 is 0 Å². The second-order valence-electron chi connectivity index (χ2n) is 8.77. The van der Waals surface area contributed by atoms with Crippen molar-refractivity contribution in [2.75, 3.05) is 31.9 Å². The lowest BCUT2D eigenvalue weighted by Gasteiger charge is -2.37. The zero-order chi connectivity index (χ0) is 21.2. The summed E-state index contributed by atoms with van der Waals surface area (Å²) in [5.74, 6) is 0.892. The Morgan fingerprint density at radius 2 is 1.90 bits per heavy atom. The number of nitrogens with zero attached hydrogens (tertiary/aromatic N) is 4. The highest BCUT2D eigenvalue weighted by molar-refractivity contribution is 5.64. The van der Waals surface area contributed by atoms with Gasteiger partial charge in [-0.3, -0.25) is 9.58 Å². The van der Waals surface area contributed by atoms with Crippen LogP contribution in [0.3, 0.4) is 0 Å². The van der Waals surface area contributed by atoms with Crippen LogP contribution in [0.2, 0.25) is 0 Å². The first-order chi connectivity index (χ1) is 14.2. The average molecular weight is 422 g/mol. The number of nitrogen functional groups attached to an aromatic ring is 1. The fourth-order valence-electron chi connectivity index (χ4n) is 4.84. The first kappa shape index (κ1) is 19.6. The van der Waals surface area contributed by atoms with Gasteiger partial charge < -0.3 is 15.8 Å². The van der Waals surface area contributed by atoms with E-state index < -0.39 is 12.1 Å². The van der Waals surface area contributed by atoms with Crippen molar-refractivity contribution < 1.29 is 17.9 Å². The number of hydrogen-bond donors (Lipinski definition) is 2. The first-order valence-corrected chi connectivity index (χ1v) is 10.3. The number of nitrogens with one attached hydrogen (secondary N) is 1. The summed E-state index contributed by atoms with van der Waals surface area (Å²) in [7, 11) is 0. The summed E-state index contributed by atoms with van der Waals surface area (Å²) in [6, 6.07) is 4.06. The molecule has 3 fully saturated rings. The predicted octanol–water partition coefficient (Wildman–Crippen LogP) is 2.62. The van der Waals surface area contributed by atoms with Gasteiger partial charge in [-0.15, -0.1) is 13.2 Å². The van der Waals surface area contributed by atoms with Crippen molar-refractivity contribution in [1.82, 2.24) is 25.0 Å². The van der Waals surface area contributed by atoms with Gasteiger partial charge in [-0.2, -0.15) is 5.10 Å². The van der Waals surface area contributed by atoms with Gasteiger partial charge in [0.05, 0.1) is 5.69 Å². The zero-order valence-corrected chi connectivity index (χ0v) is 16.9. The van der Waals surface area contributed by atoms with Crippen molar-refractivity contribution in [2.24, 2.45) is 11.8 Å². The highest BCUT2D eigenvalue weighted by Gasteiger charge is 2.58. The van der Waals surface area contributed by atoms with Gasteiger partial charge in [-0.05, 0) is 37.8 Å². The molecule has 1 saturated carbocycles. The maximum atomic E-state index is 12.7. The average Bonchev–Trinajstić information content (AvgIpc) is 2.97. The van der Waals surface area contributed by atoms with E-state index in [4.69, 9.17) is 10.8 Å². The third-order valence-corrected chi connectivity index (χ3v) is 6.50. The Balaban J connectivity index is 1.40. The number of piperidine rings is 1. The van der Waals surface area contributed by atoms with Crippen molar-refractivity contribution in [1.29, 1.82) is 0 Å². The summed E-state index contributed by atoms with van der Waals surface area (Å²) in [6.45, 7) is 8.48. The number of nitrogens with two attached hydrogens (primary N) is 1. The Hall–Kier alpha value is -2.33. The number of rotatable bonds is 5. The van der Waals surface area contributed by atoms with Gasteiger partial charge in [-0.25, -0.2) is 4.98 Å². The molecule has 0 spiro atoms. The summed E-state index contributed by atoms with van der Waals surface area (Å²) < 4.78 is 44.0. The molecule has 7 nitrogen and oxygen atoms in total. The van der Waals surface area contributed by atoms with Gasteiger partial charge in [0.25, 0.3) is 0 Å². The molecule has 5 rings (SSSR count). The van der Waals surface area contributed by atoms with Crippen LogP contribution in [0.15, 0.2) is 18.3 Å². The van der Waals surface area contributed by atoms with Crippen LogP contribution < -0.4 is 15.8 Å². The second-order valence-corrected chi connectivity index (χ2v) is 8.77. The Kier molecular flexibility index (Phi) is 4.48. The molecular formula is C20H25F3N6O. The molecule has 30 heavy (non-hydrogen) atoms. The monoisotopic (exact) mass is 422 g/mol. The molecule has 2 unspecified atom stereocenters. The smallest absolute Gasteiger partial charge is 0.402 e. The van der Waals surface area contributed by atoms with E-state index in [1.54, 1.807) is 0 Å². The number of halogens is 3. The molecule has 2 aromatic heterocycles. The fourth-order valence-corrected chi connectivity index (χ4v) is 4.84. The van der Waals surface area contributed by atoms with Gasteiger partial charge in [0.1, 0.15) is 0 Å². The number of ether oxygens (including phenoxy) is 1. The van der Waals surface area contributed by atoms with E-state index in [1.807, 2.05) is 10.7 Å².